The second-order valence-corrected chi connectivity index (χ2v) is 5.52. The van der Waals surface area contributed by atoms with Crippen molar-refractivity contribution in [2.45, 2.75) is 0 Å². The lowest BCUT2D eigenvalue weighted by Crippen LogP contribution is -2.26. The van der Waals surface area contributed by atoms with E-state index in [2.05, 4.69) is 10.3 Å². The van der Waals surface area contributed by atoms with Crippen molar-refractivity contribution in [3.05, 3.63) is 78.6 Å². The summed E-state index contributed by atoms with van der Waals surface area (Å²) in [4.78, 5) is 18.5. The number of benzene rings is 2. The number of para-hydroxylation sites is 1. The number of amides is 1. The largest absolute Gasteiger partial charge is 0.497 e. The number of carbonyl (C=O) groups excluding carboxylic acids is 1. The molecule has 25 heavy (non-hydrogen) atoms. The topological polar surface area (TPSA) is 54.5 Å². The van der Waals surface area contributed by atoms with Crippen LogP contribution in [-0.4, -0.2) is 25.0 Å². The summed E-state index contributed by atoms with van der Waals surface area (Å²) in [5.74, 6) is 0.641. The van der Waals surface area contributed by atoms with Gasteiger partial charge in [0.05, 0.1) is 24.6 Å². The number of nitrogens with one attached hydrogen (secondary N) is 1. The SMILES string of the molecule is COc1cccc(Nc2cncc(C(=O)N(C)c3ccccc3)c2)c1. The van der Waals surface area contributed by atoms with E-state index in [0.717, 1.165) is 22.8 Å². The fourth-order valence-corrected chi connectivity index (χ4v) is 2.46. The summed E-state index contributed by atoms with van der Waals surface area (Å²) in [5, 5.41) is 3.24. The maximum Gasteiger partial charge on any atom is 0.259 e. The summed E-state index contributed by atoms with van der Waals surface area (Å²) < 4.78 is 5.22. The van der Waals surface area contributed by atoms with Crippen LogP contribution in [0.2, 0.25) is 0 Å². The maximum atomic E-state index is 12.7. The fourth-order valence-electron chi connectivity index (χ4n) is 2.46. The van der Waals surface area contributed by atoms with Crippen LogP contribution in [0.25, 0.3) is 0 Å². The minimum Gasteiger partial charge on any atom is -0.497 e. The molecule has 0 aliphatic rings. The highest BCUT2D eigenvalue weighted by Gasteiger charge is 2.14. The van der Waals surface area contributed by atoms with Gasteiger partial charge >= 0.3 is 0 Å². The van der Waals surface area contributed by atoms with Crippen molar-refractivity contribution < 1.29 is 9.53 Å². The van der Waals surface area contributed by atoms with Crippen LogP contribution in [0.1, 0.15) is 10.4 Å². The third-order valence-corrected chi connectivity index (χ3v) is 3.79. The predicted molar refractivity (Wildman–Crippen MR) is 99.7 cm³/mol. The van der Waals surface area contributed by atoms with Crippen LogP contribution in [0, 0.1) is 0 Å². The lowest BCUT2D eigenvalue weighted by Gasteiger charge is -2.17. The summed E-state index contributed by atoms with van der Waals surface area (Å²) in [6, 6.07) is 18.9. The van der Waals surface area contributed by atoms with Gasteiger partial charge in [-0.2, -0.15) is 0 Å². The van der Waals surface area contributed by atoms with Crippen molar-refractivity contribution in [2.24, 2.45) is 0 Å². The number of hydrogen-bond acceptors (Lipinski definition) is 4. The zero-order valence-corrected chi connectivity index (χ0v) is 14.1. The zero-order valence-electron chi connectivity index (χ0n) is 14.1. The van der Waals surface area contributed by atoms with E-state index >= 15 is 0 Å². The van der Waals surface area contributed by atoms with Gasteiger partial charge in [0.1, 0.15) is 5.75 Å². The predicted octanol–water partition coefficient (Wildman–Crippen LogP) is 4.11. The Labute approximate surface area is 146 Å². The molecule has 0 spiro atoms. The molecule has 0 radical (unpaired) electrons. The van der Waals surface area contributed by atoms with Gasteiger partial charge in [-0.05, 0) is 30.3 Å². The number of anilines is 3. The zero-order chi connectivity index (χ0) is 17.6. The molecule has 5 heteroatoms. The lowest BCUT2D eigenvalue weighted by atomic mass is 10.2. The van der Waals surface area contributed by atoms with Gasteiger partial charge < -0.3 is 15.0 Å². The highest BCUT2D eigenvalue weighted by Crippen LogP contribution is 2.22. The molecule has 0 aliphatic carbocycles. The van der Waals surface area contributed by atoms with Crippen LogP contribution < -0.4 is 15.0 Å². The number of rotatable bonds is 5. The molecule has 126 valence electrons. The number of hydrogen-bond donors (Lipinski definition) is 1. The second-order valence-electron chi connectivity index (χ2n) is 5.52. The highest BCUT2D eigenvalue weighted by atomic mass is 16.5. The number of ether oxygens (including phenoxy) is 1. The third kappa shape index (κ3) is 3.95. The van der Waals surface area contributed by atoms with E-state index in [0.29, 0.717) is 5.56 Å². The number of nitrogens with zero attached hydrogens (tertiary/aromatic N) is 2. The highest BCUT2D eigenvalue weighted by molar-refractivity contribution is 6.06. The summed E-state index contributed by atoms with van der Waals surface area (Å²) in [5.41, 5.74) is 2.95. The molecule has 0 atom stereocenters. The molecule has 0 saturated carbocycles. The van der Waals surface area contributed by atoms with Crippen molar-refractivity contribution in [3.8, 4) is 5.75 Å². The van der Waals surface area contributed by atoms with E-state index < -0.39 is 0 Å². The monoisotopic (exact) mass is 333 g/mol. The van der Waals surface area contributed by atoms with Gasteiger partial charge in [0, 0.05) is 30.7 Å². The lowest BCUT2D eigenvalue weighted by molar-refractivity contribution is 0.0992. The molecule has 0 bridgehead atoms. The van der Waals surface area contributed by atoms with E-state index in [1.165, 1.54) is 0 Å². The van der Waals surface area contributed by atoms with E-state index in [1.807, 2.05) is 54.6 Å². The summed E-state index contributed by atoms with van der Waals surface area (Å²) in [7, 11) is 3.37. The van der Waals surface area contributed by atoms with Gasteiger partial charge in [0.25, 0.3) is 5.91 Å². The normalized spacial score (nSPS) is 10.2. The third-order valence-electron chi connectivity index (χ3n) is 3.79. The Kier molecular flexibility index (Phi) is 4.95. The molecular formula is C20H19N3O2. The second kappa shape index (κ2) is 7.49. The number of aromatic nitrogens is 1. The van der Waals surface area contributed by atoms with Crippen LogP contribution in [0.3, 0.4) is 0 Å². The standard InChI is InChI=1S/C20H19N3O2/c1-23(18-8-4-3-5-9-18)20(24)15-11-17(14-21-13-15)22-16-7-6-10-19(12-16)25-2/h3-14,22H,1-2H3. The minimum absolute atomic E-state index is 0.118. The van der Waals surface area contributed by atoms with Gasteiger partial charge in [-0.3, -0.25) is 9.78 Å². The number of methoxy groups -OCH3 is 1. The van der Waals surface area contributed by atoms with E-state index in [9.17, 15) is 4.79 Å². The molecule has 1 N–H and O–H groups in total. The van der Waals surface area contributed by atoms with Crippen molar-refractivity contribution in [2.75, 3.05) is 24.4 Å². The summed E-state index contributed by atoms with van der Waals surface area (Å²) in [6.07, 6.45) is 3.25. The molecule has 0 fully saturated rings. The Balaban J connectivity index is 1.80. The first-order chi connectivity index (χ1) is 12.2. The molecule has 2 aromatic carbocycles. The average molecular weight is 333 g/mol. The first kappa shape index (κ1) is 16.5. The summed E-state index contributed by atoms with van der Waals surface area (Å²) >= 11 is 0. The molecule has 0 unspecified atom stereocenters. The molecule has 0 saturated heterocycles. The first-order valence-corrected chi connectivity index (χ1v) is 7.86. The Bertz CT molecular complexity index is 866. The maximum absolute atomic E-state index is 12.7. The van der Waals surface area contributed by atoms with Gasteiger partial charge in [-0.15, -0.1) is 0 Å². The smallest absolute Gasteiger partial charge is 0.259 e. The number of carbonyl (C=O) groups is 1. The van der Waals surface area contributed by atoms with Gasteiger partial charge in [0.15, 0.2) is 0 Å². The first-order valence-electron chi connectivity index (χ1n) is 7.86. The van der Waals surface area contributed by atoms with E-state index in [-0.39, 0.29) is 5.91 Å². The Morgan fingerprint density at radius 2 is 1.80 bits per heavy atom. The quantitative estimate of drug-likeness (QED) is 0.763. The van der Waals surface area contributed by atoms with E-state index in [1.54, 1.807) is 37.5 Å². The Hall–Kier alpha value is -3.34. The van der Waals surface area contributed by atoms with Crippen molar-refractivity contribution in [1.82, 2.24) is 4.98 Å². The molecule has 1 heterocycles. The van der Waals surface area contributed by atoms with Gasteiger partial charge in [0.2, 0.25) is 0 Å². The molecule has 0 aliphatic heterocycles. The molecule has 3 aromatic rings. The van der Waals surface area contributed by atoms with Crippen LogP contribution >= 0.6 is 0 Å². The van der Waals surface area contributed by atoms with Crippen molar-refractivity contribution >= 4 is 23.0 Å². The Morgan fingerprint density at radius 3 is 2.56 bits per heavy atom. The summed E-state index contributed by atoms with van der Waals surface area (Å²) in [6.45, 7) is 0. The molecule has 5 nitrogen and oxygen atoms in total. The van der Waals surface area contributed by atoms with Crippen LogP contribution in [-0.2, 0) is 0 Å². The fraction of sp³-hybridized carbons (Fsp3) is 0.100. The number of pyridine rings is 1. The van der Waals surface area contributed by atoms with Crippen LogP contribution in [0.5, 0.6) is 5.75 Å². The molecular weight excluding hydrogens is 314 g/mol. The van der Waals surface area contributed by atoms with Crippen molar-refractivity contribution in [1.29, 1.82) is 0 Å². The van der Waals surface area contributed by atoms with Crippen LogP contribution in [0.4, 0.5) is 17.1 Å². The minimum atomic E-state index is -0.118. The van der Waals surface area contributed by atoms with Crippen LogP contribution in [0.15, 0.2) is 73.1 Å². The Morgan fingerprint density at radius 1 is 1.00 bits per heavy atom. The molecule has 1 amide bonds. The van der Waals surface area contributed by atoms with Gasteiger partial charge in [-0.25, -0.2) is 0 Å². The van der Waals surface area contributed by atoms with Crippen molar-refractivity contribution in [3.63, 3.8) is 0 Å². The molecule has 1 aromatic heterocycles. The van der Waals surface area contributed by atoms with Gasteiger partial charge in [-0.1, -0.05) is 24.3 Å². The average Bonchev–Trinajstić information content (AvgIpc) is 2.68. The van der Waals surface area contributed by atoms with E-state index in [4.69, 9.17) is 4.74 Å². The molecule has 3 rings (SSSR count).